The van der Waals surface area contributed by atoms with Crippen LogP contribution in [0.4, 0.5) is 0 Å². The molecule has 7 nitrogen and oxygen atoms in total. The van der Waals surface area contributed by atoms with E-state index in [0.29, 0.717) is 44.8 Å². The molecule has 1 amide bonds. The topological polar surface area (TPSA) is 88.6 Å². The van der Waals surface area contributed by atoms with E-state index in [-0.39, 0.29) is 16.7 Å². The van der Waals surface area contributed by atoms with Crippen LogP contribution >= 0.6 is 11.3 Å². The van der Waals surface area contributed by atoms with E-state index >= 15 is 0 Å². The van der Waals surface area contributed by atoms with E-state index in [4.69, 9.17) is 4.74 Å². The van der Waals surface area contributed by atoms with Crippen molar-refractivity contribution in [3.05, 3.63) is 53.5 Å². The van der Waals surface area contributed by atoms with Gasteiger partial charge in [-0.1, -0.05) is 12.1 Å². The Bertz CT molecular complexity index is 1120. The highest BCUT2D eigenvalue weighted by atomic mass is 32.2. The van der Waals surface area contributed by atoms with Crippen LogP contribution < -0.4 is 10.1 Å². The number of fused-ring (bicyclic) bond motifs is 1. The van der Waals surface area contributed by atoms with Gasteiger partial charge in [-0.05, 0) is 56.2 Å². The molecule has 1 fully saturated rings. The summed E-state index contributed by atoms with van der Waals surface area (Å²) in [6.07, 6.45) is 1.00. The van der Waals surface area contributed by atoms with Crippen LogP contribution in [0, 0.1) is 5.92 Å². The fraction of sp³-hybridized carbons (Fsp3) is 0.364. The molecule has 2 heterocycles. The average Bonchev–Trinajstić information content (AvgIpc) is 3.21. The summed E-state index contributed by atoms with van der Waals surface area (Å²) in [4.78, 5) is 17.4. The number of sulfonamides is 1. The van der Waals surface area contributed by atoms with Gasteiger partial charge >= 0.3 is 0 Å². The monoisotopic (exact) mass is 459 g/mol. The molecule has 1 aliphatic rings. The maximum absolute atomic E-state index is 12.9. The number of amides is 1. The fourth-order valence-corrected chi connectivity index (χ4v) is 6.06. The van der Waals surface area contributed by atoms with Crippen LogP contribution in [0.1, 0.15) is 24.8 Å². The molecule has 0 atom stereocenters. The molecule has 1 aliphatic heterocycles. The van der Waals surface area contributed by atoms with Crippen molar-refractivity contribution >= 4 is 37.5 Å². The van der Waals surface area contributed by atoms with Gasteiger partial charge in [0.05, 0.1) is 28.3 Å². The lowest BCUT2D eigenvalue weighted by molar-refractivity contribution is -0.126. The van der Waals surface area contributed by atoms with E-state index < -0.39 is 10.0 Å². The Kier molecular flexibility index (Phi) is 6.54. The number of nitrogens with zero attached hydrogens (tertiary/aromatic N) is 2. The number of piperidine rings is 1. The van der Waals surface area contributed by atoms with Crippen LogP contribution in [-0.4, -0.2) is 43.3 Å². The summed E-state index contributed by atoms with van der Waals surface area (Å²) in [5.74, 6) is 0.406. The summed E-state index contributed by atoms with van der Waals surface area (Å²) in [7, 11) is -3.58. The lowest BCUT2D eigenvalue weighted by atomic mass is 9.97. The summed E-state index contributed by atoms with van der Waals surface area (Å²) in [6.45, 7) is 3.46. The molecule has 1 aromatic heterocycles. The summed E-state index contributed by atoms with van der Waals surface area (Å²) in [5, 5.41) is 3.83. The van der Waals surface area contributed by atoms with Gasteiger partial charge < -0.3 is 10.1 Å². The van der Waals surface area contributed by atoms with Crippen LogP contribution in [0.15, 0.2) is 53.4 Å². The molecule has 2 aromatic carbocycles. The molecule has 3 aromatic rings. The molecule has 0 unspecified atom stereocenters. The van der Waals surface area contributed by atoms with Crippen LogP contribution in [-0.2, 0) is 21.4 Å². The van der Waals surface area contributed by atoms with Gasteiger partial charge in [0.25, 0.3) is 0 Å². The minimum absolute atomic E-state index is 0.0441. The first kappa shape index (κ1) is 21.7. The SMILES string of the molecule is CCOc1ccc(S(=O)(=O)N2CCC(C(=O)NCc3nc4ccccc4s3)CC2)cc1. The third kappa shape index (κ3) is 4.89. The van der Waals surface area contributed by atoms with Crippen molar-refractivity contribution in [2.75, 3.05) is 19.7 Å². The predicted octanol–water partition coefficient (Wildman–Crippen LogP) is 3.41. The number of thiazole rings is 1. The van der Waals surface area contributed by atoms with Crippen LogP contribution in [0.2, 0.25) is 0 Å². The Balaban J connectivity index is 1.31. The summed E-state index contributed by atoms with van der Waals surface area (Å²) in [5.41, 5.74) is 0.935. The Morgan fingerprint density at radius 2 is 1.87 bits per heavy atom. The molecule has 0 aliphatic carbocycles. The Hall–Kier alpha value is -2.49. The van der Waals surface area contributed by atoms with Gasteiger partial charge in [0.2, 0.25) is 15.9 Å². The number of hydrogen-bond acceptors (Lipinski definition) is 6. The molecule has 0 saturated carbocycles. The molecule has 0 spiro atoms. The Morgan fingerprint density at radius 3 is 2.55 bits per heavy atom. The van der Waals surface area contributed by atoms with Gasteiger partial charge in [-0.15, -0.1) is 11.3 Å². The van der Waals surface area contributed by atoms with Gasteiger partial charge in [-0.3, -0.25) is 4.79 Å². The zero-order valence-electron chi connectivity index (χ0n) is 17.3. The lowest BCUT2D eigenvalue weighted by Gasteiger charge is -2.30. The van der Waals surface area contributed by atoms with Gasteiger partial charge in [-0.25, -0.2) is 13.4 Å². The third-order valence-corrected chi connectivity index (χ3v) is 8.30. The number of carbonyl (C=O) groups is 1. The molecule has 164 valence electrons. The van der Waals surface area contributed by atoms with Crippen molar-refractivity contribution < 1.29 is 17.9 Å². The smallest absolute Gasteiger partial charge is 0.243 e. The molecule has 31 heavy (non-hydrogen) atoms. The van der Waals surface area contributed by atoms with Gasteiger partial charge in [0, 0.05) is 19.0 Å². The maximum Gasteiger partial charge on any atom is 0.243 e. The first-order chi connectivity index (χ1) is 15.0. The number of aromatic nitrogens is 1. The van der Waals surface area contributed by atoms with Crippen molar-refractivity contribution in [2.45, 2.75) is 31.2 Å². The zero-order valence-corrected chi connectivity index (χ0v) is 18.9. The molecule has 0 radical (unpaired) electrons. The maximum atomic E-state index is 12.9. The Morgan fingerprint density at radius 1 is 1.16 bits per heavy atom. The molecular formula is C22H25N3O4S2. The van der Waals surface area contributed by atoms with Crippen molar-refractivity contribution in [1.82, 2.24) is 14.6 Å². The van der Waals surface area contributed by atoms with Crippen molar-refractivity contribution in [1.29, 1.82) is 0 Å². The lowest BCUT2D eigenvalue weighted by Crippen LogP contribution is -2.42. The van der Waals surface area contributed by atoms with E-state index in [9.17, 15) is 13.2 Å². The highest BCUT2D eigenvalue weighted by Gasteiger charge is 2.32. The number of hydrogen-bond donors (Lipinski definition) is 1. The van der Waals surface area contributed by atoms with Crippen molar-refractivity contribution in [3.63, 3.8) is 0 Å². The number of ether oxygens (including phenoxy) is 1. The zero-order chi connectivity index (χ0) is 21.8. The van der Waals surface area contributed by atoms with Gasteiger partial charge in [-0.2, -0.15) is 4.31 Å². The normalized spacial score (nSPS) is 15.8. The van der Waals surface area contributed by atoms with Crippen molar-refractivity contribution in [3.8, 4) is 5.75 Å². The summed E-state index contributed by atoms with van der Waals surface area (Å²) >= 11 is 1.57. The number of carbonyl (C=O) groups excluding carboxylic acids is 1. The Labute approximate surface area is 186 Å². The predicted molar refractivity (Wildman–Crippen MR) is 121 cm³/mol. The summed E-state index contributed by atoms with van der Waals surface area (Å²) in [6, 6.07) is 14.3. The standard InChI is InChI=1S/C22H25N3O4S2/c1-2-29-17-7-9-18(10-8-17)31(27,28)25-13-11-16(12-14-25)22(26)23-15-21-24-19-5-3-4-6-20(19)30-21/h3-10,16H,2,11-15H2,1H3,(H,23,26). The highest BCUT2D eigenvalue weighted by Crippen LogP contribution is 2.26. The van der Waals surface area contributed by atoms with E-state index in [1.165, 1.54) is 4.31 Å². The molecular weight excluding hydrogens is 434 g/mol. The number of rotatable bonds is 7. The molecule has 0 bridgehead atoms. The third-order valence-electron chi connectivity index (χ3n) is 5.35. The number of para-hydroxylation sites is 1. The molecule has 9 heteroatoms. The van der Waals surface area contributed by atoms with Gasteiger partial charge in [0.1, 0.15) is 10.8 Å². The van der Waals surface area contributed by atoms with E-state index in [1.54, 1.807) is 35.6 Å². The minimum Gasteiger partial charge on any atom is -0.494 e. The number of nitrogens with one attached hydrogen (secondary N) is 1. The second-order valence-electron chi connectivity index (χ2n) is 7.38. The molecule has 4 rings (SSSR count). The highest BCUT2D eigenvalue weighted by molar-refractivity contribution is 7.89. The van der Waals surface area contributed by atoms with E-state index in [1.807, 2.05) is 31.2 Å². The quantitative estimate of drug-likeness (QED) is 0.585. The first-order valence-electron chi connectivity index (χ1n) is 10.3. The minimum atomic E-state index is -3.58. The van der Waals surface area contributed by atoms with E-state index in [2.05, 4.69) is 10.3 Å². The second-order valence-corrected chi connectivity index (χ2v) is 10.4. The largest absolute Gasteiger partial charge is 0.494 e. The molecule has 1 N–H and O–H groups in total. The molecule has 1 saturated heterocycles. The fourth-order valence-electron chi connectivity index (χ4n) is 3.68. The summed E-state index contributed by atoms with van der Waals surface area (Å²) < 4.78 is 33.7. The van der Waals surface area contributed by atoms with Crippen LogP contribution in [0.25, 0.3) is 10.2 Å². The van der Waals surface area contributed by atoms with Crippen LogP contribution in [0.5, 0.6) is 5.75 Å². The first-order valence-corrected chi connectivity index (χ1v) is 12.6. The van der Waals surface area contributed by atoms with Gasteiger partial charge in [0.15, 0.2) is 0 Å². The average molecular weight is 460 g/mol. The number of benzene rings is 2. The van der Waals surface area contributed by atoms with Crippen LogP contribution in [0.3, 0.4) is 0 Å². The van der Waals surface area contributed by atoms with Crippen molar-refractivity contribution in [2.24, 2.45) is 5.92 Å². The van der Waals surface area contributed by atoms with E-state index in [0.717, 1.165) is 15.2 Å². The second kappa shape index (κ2) is 9.33.